The van der Waals surface area contributed by atoms with Crippen LogP contribution >= 0.6 is 0 Å². The summed E-state index contributed by atoms with van der Waals surface area (Å²) in [5, 5.41) is 3.37. The van der Waals surface area contributed by atoms with E-state index in [9.17, 15) is 4.79 Å². The average Bonchev–Trinajstić information content (AvgIpc) is 2.41. The number of hydrogen-bond acceptors (Lipinski definition) is 3. The fourth-order valence-electron chi connectivity index (χ4n) is 2.21. The van der Waals surface area contributed by atoms with Crippen molar-refractivity contribution in [2.45, 2.75) is 26.7 Å². The van der Waals surface area contributed by atoms with E-state index in [1.165, 1.54) is 12.5 Å². The zero-order chi connectivity index (χ0) is 14.7. The molecule has 0 spiro atoms. The van der Waals surface area contributed by atoms with E-state index in [1.807, 2.05) is 24.3 Å². The third kappa shape index (κ3) is 2.99. The van der Waals surface area contributed by atoms with E-state index in [2.05, 4.69) is 25.2 Å². The van der Waals surface area contributed by atoms with Crippen molar-refractivity contribution >= 4 is 22.8 Å². The number of nitrogens with one attached hydrogen (secondary N) is 1. The lowest BCUT2D eigenvalue weighted by Gasteiger charge is -2.15. The van der Waals surface area contributed by atoms with Crippen LogP contribution in [0.3, 0.4) is 0 Å². The number of Topliss-reactive ketones (excluding diaryl/α,β-unsaturated/α-hetero) is 1. The monoisotopic (exact) mass is 268 g/mol. The molecule has 3 heteroatoms. The van der Waals surface area contributed by atoms with Crippen molar-refractivity contribution < 1.29 is 4.79 Å². The largest absolute Gasteiger partial charge is 0.398 e. The number of benzene rings is 2. The molecule has 0 fully saturated rings. The molecular formula is C17H20N2O. The van der Waals surface area contributed by atoms with Crippen molar-refractivity contribution in [1.29, 1.82) is 0 Å². The van der Waals surface area contributed by atoms with Gasteiger partial charge in [-0.25, -0.2) is 0 Å². The van der Waals surface area contributed by atoms with Crippen LogP contribution in [0.25, 0.3) is 0 Å². The molecule has 0 radical (unpaired) electrons. The van der Waals surface area contributed by atoms with Crippen molar-refractivity contribution in [2.24, 2.45) is 0 Å². The second-order valence-electron chi connectivity index (χ2n) is 5.23. The van der Waals surface area contributed by atoms with Crippen LogP contribution in [0.2, 0.25) is 0 Å². The molecule has 0 aliphatic carbocycles. The van der Waals surface area contributed by atoms with Crippen LogP contribution in [0.4, 0.5) is 17.1 Å². The zero-order valence-electron chi connectivity index (χ0n) is 12.1. The summed E-state index contributed by atoms with van der Waals surface area (Å²) in [6.07, 6.45) is 0. The Balaban J connectivity index is 2.36. The van der Waals surface area contributed by atoms with Crippen LogP contribution < -0.4 is 11.1 Å². The van der Waals surface area contributed by atoms with Gasteiger partial charge < -0.3 is 11.1 Å². The molecule has 0 aliphatic rings. The molecule has 2 aromatic carbocycles. The van der Waals surface area contributed by atoms with Crippen LogP contribution in [0.5, 0.6) is 0 Å². The molecular weight excluding hydrogens is 248 g/mol. The third-order valence-electron chi connectivity index (χ3n) is 3.29. The topological polar surface area (TPSA) is 55.1 Å². The summed E-state index contributed by atoms with van der Waals surface area (Å²) in [7, 11) is 0. The fraction of sp³-hybridized carbons (Fsp3) is 0.235. The molecule has 20 heavy (non-hydrogen) atoms. The Morgan fingerprint density at radius 1 is 1.15 bits per heavy atom. The summed E-state index contributed by atoms with van der Waals surface area (Å²) >= 11 is 0. The number of nitrogen functional groups attached to an aromatic ring is 1. The molecule has 2 aromatic rings. The maximum atomic E-state index is 11.5. The van der Waals surface area contributed by atoms with Gasteiger partial charge in [-0.1, -0.05) is 32.0 Å². The first kappa shape index (κ1) is 14.1. The fourth-order valence-corrected chi connectivity index (χ4v) is 2.21. The number of hydrogen-bond donors (Lipinski definition) is 2. The Bertz CT molecular complexity index is 633. The highest BCUT2D eigenvalue weighted by Gasteiger charge is 2.09. The Morgan fingerprint density at radius 2 is 1.85 bits per heavy atom. The molecule has 0 atom stereocenters. The van der Waals surface area contributed by atoms with Gasteiger partial charge in [-0.15, -0.1) is 0 Å². The van der Waals surface area contributed by atoms with Crippen LogP contribution in [-0.2, 0) is 0 Å². The van der Waals surface area contributed by atoms with Crippen LogP contribution in [0, 0.1) is 0 Å². The van der Waals surface area contributed by atoms with Gasteiger partial charge in [-0.3, -0.25) is 4.79 Å². The number of rotatable bonds is 4. The number of carbonyl (C=O) groups excluding carboxylic acids is 1. The van der Waals surface area contributed by atoms with E-state index in [0.29, 0.717) is 17.2 Å². The molecule has 0 unspecified atom stereocenters. The highest BCUT2D eigenvalue weighted by atomic mass is 16.1. The number of anilines is 3. The molecule has 0 amide bonds. The minimum Gasteiger partial charge on any atom is -0.398 e. The second kappa shape index (κ2) is 5.78. The highest BCUT2D eigenvalue weighted by molar-refractivity contribution is 6.00. The van der Waals surface area contributed by atoms with E-state index in [4.69, 9.17) is 5.73 Å². The molecule has 0 aromatic heterocycles. The Kier molecular flexibility index (Phi) is 4.08. The lowest BCUT2D eigenvalue weighted by molar-refractivity contribution is 0.101. The van der Waals surface area contributed by atoms with E-state index in [1.54, 1.807) is 12.1 Å². The molecule has 0 saturated heterocycles. The summed E-state index contributed by atoms with van der Waals surface area (Å²) in [6.45, 7) is 5.84. The highest BCUT2D eigenvalue weighted by Crippen LogP contribution is 2.28. The standard InChI is InChI=1S/C17H20N2O/c1-11(2)14-6-4-5-7-17(14)19-13-8-9-16(18)15(10-13)12(3)20/h4-11,19H,18H2,1-3H3. The van der Waals surface area contributed by atoms with Crippen molar-refractivity contribution in [1.82, 2.24) is 0 Å². The van der Waals surface area contributed by atoms with Gasteiger partial charge in [0, 0.05) is 22.6 Å². The van der Waals surface area contributed by atoms with Crippen molar-refractivity contribution in [3.05, 3.63) is 53.6 Å². The van der Waals surface area contributed by atoms with Gasteiger partial charge in [-0.2, -0.15) is 0 Å². The van der Waals surface area contributed by atoms with Crippen LogP contribution in [-0.4, -0.2) is 5.78 Å². The minimum atomic E-state index is -0.0247. The Labute approximate surface area is 119 Å². The Hall–Kier alpha value is -2.29. The summed E-state index contributed by atoms with van der Waals surface area (Å²) in [5.74, 6) is 0.406. The molecule has 3 nitrogen and oxygen atoms in total. The van der Waals surface area contributed by atoms with Crippen LogP contribution in [0.15, 0.2) is 42.5 Å². The Morgan fingerprint density at radius 3 is 2.50 bits per heavy atom. The van der Waals surface area contributed by atoms with Gasteiger partial charge in [0.1, 0.15) is 0 Å². The first-order valence-corrected chi connectivity index (χ1v) is 6.75. The molecule has 3 N–H and O–H groups in total. The van der Waals surface area contributed by atoms with Crippen molar-refractivity contribution in [3.8, 4) is 0 Å². The SMILES string of the molecule is CC(=O)c1cc(Nc2ccccc2C(C)C)ccc1N. The maximum absolute atomic E-state index is 11.5. The molecule has 0 aliphatic heterocycles. The molecule has 0 bridgehead atoms. The van der Waals surface area contributed by atoms with Gasteiger partial charge in [-0.05, 0) is 42.7 Å². The summed E-state index contributed by atoms with van der Waals surface area (Å²) < 4.78 is 0. The predicted octanol–water partition coefficient (Wildman–Crippen LogP) is 4.34. The average molecular weight is 268 g/mol. The third-order valence-corrected chi connectivity index (χ3v) is 3.29. The summed E-state index contributed by atoms with van der Waals surface area (Å²) in [4.78, 5) is 11.5. The molecule has 104 valence electrons. The normalized spacial score (nSPS) is 10.6. The van der Waals surface area contributed by atoms with Crippen molar-refractivity contribution in [2.75, 3.05) is 11.1 Å². The number of ketones is 1. The van der Waals surface area contributed by atoms with Gasteiger partial charge in [0.2, 0.25) is 0 Å². The lowest BCUT2D eigenvalue weighted by Crippen LogP contribution is -2.02. The van der Waals surface area contributed by atoms with E-state index in [-0.39, 0.29) is 5.78 Å². The number of nitrogens with two attached hydrogens (primary N) is 1. The minimum absolute atomic E-state index is 0.0247. The molecule has 0 heterocycles. The first-order chi connectivity index (χ1) is 9.49. The first-order valence-electron chi connectivity index (χ1n) is 6.75. The van der Waals surface area contributed by atoms with Crippen LogP contribution in [0.1, 0.15) is 42.6 Å². The van der Waals surface area contributed by atoms with Gasteiger partial charge in [0.25, 0.3) is 0 Å². The van der Waals surface area contributed by atoms with E-state index >= 15 is 0 Å². The molecule has 2 rings (SSSR count). The van der Waals surface area contributed by atoms with Gasteiger partial charge in [0.05, 0.1) is 0 Å². The van der Waals surface area contributed by atoms with Gasteiger partial charge in [0.15, 0.2) is 5.78 Å². The number of carbonyl (C=O) groups is 1. The smallest absolute Gasteiger partial charge is 0.161 e. The zero-order valence-corrected chi connectivity index (χ0v) is 12.1. The predicted molar refractivity (Wildman–Crippen MR) is 84.7 cm³/mol. The number of para-hydroxylation sites is 1. The van der Waals surface area contributed by atoms with E-state index < -0.39 is 0 Å². The van der Waals surface area contributed by atoms with Crippen molar-refractivity contribution in [3.63, 3.8) is 0 Å². The quantitative estimate of drug-likeness (QED) is 0.640. The van der Waals surface area contributed by atoms with E-state index in [0.717, 1.165) is 11.4 Å². The molecule has 0 saturated carbocycles. The second-order valence-corrected chi connectivity index (χ2v) is 5.23. The summed E-state index contributed by atoms with van der Waals surface area (Å²) in [5.41, 5.74) is 10.1. The summed E-state index contributed by atoms with van der Waals surface area (Å²) in [6, 6.07) is 13.6. The lowest BCUT2D eigenvalue weighted by atomic mass is 10.0. The van der Waals surface area contributed by atoms with Gasteiger partial charge >= 0.3 is 0 Å². The maximum Gasteiger partial charge on any atom is 0.161 e.